The number of piperidine rings is 1. The van der Waals surface area contributed by atoms with Crippen LogP contribution >= 0.6 is 0 Å². The first kappa shape index (κ1) is 19.8. The smallest absolute Gasteiger partial charge is 0.328 e. The number of hydrogen-bond acceptors (Lipinski definition) is 3. The molecule has 2 N–H and O–H groups in total. The largest absolute Gasteiger partial charge is 0.478 e. The number of carbonyl (C=O) groups is 2. The summed E-state index contributed by atoms with van der Waals surface area (Å²) in [4.78, 5) is 25.3. The van der Waals surface area contributed by atoms with E-state index in [4.69, 9.17) is 5.11 Å². The maximum Gasteiger partial charge on any atom is 0.328 e. The van der Waals surface area contributed by atoms with Crippen LogP contribution in [0.4, 0.5) is 0 Å². The van der Waals surface area contributed by atoms with Crippen LogP contribution in [-0.2, 0) is 11.3 Å². The van der Waals surface area contributed by atoms with Gasteiger partial charge in [0, 0.05) is 24.7 Å². The molecule has 1 saturated heterocycles. The van der Waals surface area contributed by atoms with Gasteiger partial charge in [-0.3, -0.25) is 9.69 Å². The third-order valence-electron chi connectivity index (χ3n) is 5.10. The summed E-state index contributed by atoms with van der Waals surface area (Å²) < 4.78 is 0. The summed E-state index contributed by atoms with van der Waals surface area (Å²) in [5, 5.41) is 11.7. The summed E-state index contributed by atoms with van der Waals surface area (Å²) in [7, 11) is 0. The number of amides is 1. The van der Waals surface area contributed by atoms with Gasteiger partial charge < -0.3 is 10.4 Å². The van der Waals surface area contributed by atoms with E-state index in [2.05, 4.69) is 34.5 Å². The van der Waals surface area contributed by atoms with Crippen LogP contribution in [0.15, 0.2) is 60.7 Å². The molecular weight excluding hydrogens is 352 g/mol. The van der Waals surface area contributed by atoms with Crippen molar-refractivity contribution in [2.24, 2.45) is 5.92 Å². The fraction of sp³-hybridized carbons (Fsp3) is 0.304. The number of carbonyl (C=O) groups excluding carboxylic acids is 1. The number of rotatable bonds is 7. The Balaban J connectivity index is 1.41. The highest BCUT2D eigenvalue weighted by Crippen LogP contribution is 2.18. The number of nitrogens with one attached hydrogen (secondary N) is 1. The molecule has 0 bridgehead atoms. The molecule has 1 aliphatic heterocycles. The molecule has 0 aliphatic carbocycles. The summed E-state index contributed by atoms with van der Waals surface area (Å²) in [6.07, 6.45) is 4.77. The number of carboxylic acids is 1. The highest BCUT2D eigenvalue weighted by molar-refractivity contribution is 5.94. The van der Waals surface area contributed by atoms with Gasteiger partial charge in [-0.15, -0.1) is 0 Å². The van der Waals surface area contributed by atoms with Crippen molar-refractivity contribution in [1.82, 2.24) is 10.2 Å². The van der Waals surface area contributed by atoms with Crippen molar-refractivity contribution in [3.63, 3.8) is 0 Å². The number of likely N-dealkylation sites (tertiary alicyclic amines) is 1. The molecular formula is C23H26N2O3. The predicted octanol–water partition coefficient (Wildman–Crippen LogP) is 3.43. The molecule has 5 heteroatoms. The molecule has 2 aromatic rings. The summed E-state index contributed by atoms with van der Waals surface area (Å²) >= 11 is 0. The van der Waals surface area contributed by atoms with Gasteiger partial charge in [0.1, 0.15) is 0 Å². The van der Waals surface area contributed by atoms with E-state index in [0.717, 1.165) is 44.1 Å². The van der Waals surface area contributed by atoms with E-state index in [0.29, 0.717) is 18.0 Å². The Morgan fingerprint density at radius 1 is 1.04 bits per heavy atom. The van der Waals surface area contributed by atoms with Crippen LogP contribution in [0, 0.1) is 5.92 Å². The molecule has 0 saturated carbocycles. The summed E-state index contributed by atoms with van der Waals surface area (Å²) in [5.41, 5.74) is 2.69. The molecule has 0 atom stereocenters. The maximum atomic E-state index is 12.3. The van der Waals surface area contributed by atoms with Crippen LogP contribution in [0.25, 0.3) is 6.08 Å². The zero-order valence-electron chi connectivity index (χ0n) is 15.9. The number of carboxylic acid groups (broad SMARTS) is 1. The number of benzene rings is 2. The molecule has 0 unspecified atom stereocenters. The minimum Gasteiger partial charge on any atom is -0.478 e. The van der Waals surface area contributed by atoms with Gasteiger partial charge in [-0.25, -0.2) is 4.79 Å². The van der Waals surface area contributed by atoms with Crippen molar-refractivity contribution >= 4 is 18.0 Å². The zero-order valence-corrected chi connectivity index (χ0v) is 15.9. The van der Waals surface area contributed by atoms with E-state index < -0.39 is 5.97 Å². The minimum atomic E-state index is -0.989. The Hall–Kier alpha value is -2.92. The van der Waals surface area contributed by atoms with Crippen molar-refractivity contribution in [3.8, 4) is 0 Å². The van der Waals surface area contributed by atoms with Crippen LogP contribution in [0.5, 0.6) is 0 Å². The summed E-state index contributed by atoms with van der Waals surface area (Å²) in [5.74, 6) is -0.564. The van der Waals surface area contributed by atoms with Gasteiger partial charge in [-0.05, 0) is 61.2 Å². The lowest BCUT2D eigenvalue weighted by Crippen LogP contribution is -2.38. The molecule has 1 fully saturated rings. The molecule has 1 aliphatic rings. The van der Waals surface area contributed by atoms with Crippen LogP contribution in [0.3, 0.4) is 0 Å². The van der Waals surface area contributed by atoms with E-state index in [-0.39, 0.29) is 5.91 Å². The van der Waals surface area contributed by atoms with Crippen molar-refractivity contribution in [3.05, 3.63) is 77.4 Å². The van der Waals surface area contributed by atoms with E-state index >= 15 is 0 Å². The van der Waals surface area contributed by atoms with Gasteiger partial charge >= 0.3 is 5.97 Å². The van der Waals surface area contributed by atoms with Crippen molar-refractivity contribution < 1.29 is 14.7 Å². The molecule has 3 rings (SSSR count). The van der Waals surface area contributed by atoms with Gasteiger partial charge in [0.05, 0.1) is 0 Å². The third-order valence-corrected chi connectivity index (χ3v) is 5.10. The highest BCUT2D eigenvalue weighted by Gasteiger charge is 2.20. The standard InChI is InChI=1S/C23H26N2O3/c26-22(27)11-8-18-6-9-21(10-7-18)23(28)24-16-19-12-14-25(15-13-19)17-20-4-2-1-3-5-20/h1-11,19H,12-17H2,(H,24,28)(H,26,27). The molecule has 0 aromatic heterocycles. The molecule has 2 aromatic carbocycles. The van der Waals surface area contributed by atoms with Crippen molar-refractivity contribution in [2.45, 2.75) is 19.4 Å². The topological polar surface area (TPSA) is 69.6 Å². The fourth-order valence-corrected chi connectivity index (χ4v) is 3.44. The lowest BCUT2D eigenvalue weighted by Gasteiger charge is -2.32. The van der Waals surface area contributed by atoms with Gasteiger partial charge in [-0.2, -0.15) is 0 Å². The normalized spacial score (nSPS) is 15.6. The average molecular weight is 378 g/mol. The second-order valence-corrected chi connectivity index (χ2v) is 7.21. The molecule has 5 nitrogen and oxygen atoms in total. The third kappa shape index (κ3) is 6.06. The Morgan fingerprint density at radius 3 is 2.36 bits per heavy atom. The summed E-state index contributed by atoms with van der Waals surface area (Å²) in [6.45, 7) is 3.79. The van der Waals surface area contributed by atoms with Crippen LogP contribution < -0.4 is 5.32 Å². The lowest BCUT2D eigenvalue weighted by atomic mass is 9.96. The number of nitrogens with zero attached hydrogens (tertiary/aromatic N) is 1. The number of aliphatic carboxylic acids is 1. The van der Waals surface area contributed by atoms with Crippen LogP contribution in [-0.4, -0.2) is 41.5 Å². The highest BCUT2D eigenvalue weighted by atomic mass is 16.4. The van der Waals surface area contributed by atoms with Gasteiger partial charge in [-0.1, -0.05) is 42.5 Å². The first-order valence-corrected chi connectivity index (χ1v) is 9.66. The Morgan fingerprint density at radius 2 is 1.71 bits per heavy atom. The molecule has 1 amide bonds. The van der Waals surface area contributed by atoms with Crippen LogP contribution in [0.1, 0.15) is 34.3 Å². The van der Waals surface area contributed by atoms with Crippen molar-refractivity contribution in [1.29, 1.82) is 0 Å². The Bertz CT molecular complexity index is 808. The zero-order chi connectivity index (χ0) is 19.8. The monoisotopic (exact) mass is 378 g/mol. The lowest BCUT2D eigenvalue weighted by molar-refractivity contribution is -0.131. The quantitative estimate of drug-likeness (QED) is 0.725. The molecule has 28 heavy (non-hydrogen) atoms. The van der Waals surface area contributed by atoms with E-state index in [1.807, 2.05) is 6.07 Å². The van der Waals surface area contributed by atoms with E-state index in [1.54, 1.807) is 24.3 Å². The van der Waals surface area contributed by atoms with E-state index in [9.17, 15) is 9.59 Å². The molecule has 146 valence electrons. The SMILES string of the molecule is O=C(O)C=Cc1ccc(C(=O)NCC2CCN(Cc3ccccc3)CC2)cc1. The predicted molar refractivity (Wildman–Crippen MR) is 110 cm³/mol. The molecule has 1 heterocycles. The van der Waals surface area contributed by atoms with Crippen molar-refractivity contribution in [2.75, 3.05) is 19.6 Å². The summed E-state index contributed by atoms with van der Waals surface area (Å²) in [6, 6.07) is 17.5. The second kappa shape index (κ2) is 9.85. The second-order valence-electron chi connectivity index (χ2n) is 7.21. The maximum absolute atomic E-state index is 12.3. The first-order valence-electron chi connectivity index (χ1n) is 9.66. The minimum absolute atomic E-state index is 0.0829. The van der Waals surface area contributed by atoms with E-state index in [1.165, 1.54) is 11.6 Å². The first-order chi connectivity index (χ1) is 13.6. The molecule has 0 radical (unpaired) electrons. The Kier molecular flexibility index (Phi) is 6.98. The Labute approximate surface area is 165 Å². The number of hydrogen-bond donors (Lipinski definition) is 2. The van der Waals surface area contributed by atoms with Gasteiger partial charge in [0.25, 0.3) is 5.91 Å². The average Bonchev–Trinajstić information content (AvgIpc) is 2.72. The fourth-order valence-electron chi connectivity index (χ4n) is 3.44. The van der Waals surface area contributed by atoms with Crippen LogP contribution in [0.2, 0.25) is 0 Å². The van der Waals surface area contributed by atoms with Gasteiger partial charge in [0.2, 0.25) is 0 Å². The van der Waals surface area contributed by atoms with Gasteiger partial charge in [0.15, 0.2) is 0 Å². The molecule has 0 spiro atoms.